The first-order valence-corrected chi connectivity index (χ1v) is 11.5. The minimum absolute atomic E-state index is 0.0264. The molecule has 0 bridgehead atoms. The SMILES string of the molecule is Cc1c(C#N)c(NC(=O)CSc2nnnn2-c2ccc(Cl)cc2)n(Cc2ccc(F)cc2)c1C. The third kappa shape index (κ3) is 4.95. The maximum absolute atomic E-state index is 13.3. The van der Waals surface area contributed by atoms with Crippen LogP contribution in [0.3, 0.4) is 0 Å². The summed E-state index contributed by atoms with van der Waals surface area (Å²) in [6.07, 6.45) is 0. The molecule has 4 aromatic rings. The second-order valence-corrected chi connectivity index (χ2v) is 8.82. The lowest BCUT2D eigenvalue weighted by Crippen LogP contribution is -2.19. The molecule has 0 radical (unpaired) electrons. The highest BCUT2D eigenvalue weighted by atomic mass is 35.5. The molecule has 2 heterocycles. The first kappa shape index (κ1) is 23.5. The van der Waals surface area contributed by atoms with Gasteiger partial charge in [0.1, 0.15) is 17.7 Å². The van der Waals surface area contributed by atoms with Gasteiger partial charge in [0.25, 0.3) is 0 Å². The molecule has 0 aliphatic rings. The quantitative estimate of drug-likeness (QED) is 0.378. The van der Waals surface area contributed by atoms with Crippen LogP contribution < -0.4 is 5.32 Å². The van der Waals surface area contributed by atoms with Gasteiger partial charge in [-0.15, -0.1) is 5.10 Å². The Morgan fingerprint density at radius 3 is 2.56 bits per heavy atom. The number of nitrogens with zero attached hydrogens (tertiary/aromatic N) is 6. The number of amides is 1. The number of hydrogen-bond acceptors (Lipinski definition) is 6. The molecular weight excluding hydrogens is 477 g/mol. The Morgan fingerprint density at radius 1 is 1.18 bits per heavy atom. The number of nitriles is 1. The molecule has 1 N–H and O–H groups in total. The van der Waals surface area contributed by atoms with Gasteiger partial charge in [-0.05, 0) is 71.8 Å². The van der Waals surface area contributed by atoms with Crippen LogP contribution in [0, 0.1) is 31.0 Å². The Hall–Kier alpha value is -3.68. The molecule has 0 atom stereocenters. The van der Waals surface area contributed by atoms with Gasteiger partial charge in [0.2, 0.25) is 11.1 Å². The van der Waals surface area contributed by atoms with Crippen molar-refractivity contribution >= 4 is 35.1 Å². The molecule has 4 rings (SSSR count). The summed E-state index contributed by atoms with van der Waals surface area (Å²) < 4.78 is 16.7. The molecule has 0 saturated carbocycles. The highest BCUT2D eigenvalue weighted by Gasteiger charge is 2.20. The van der Waals surface area contributed by atoms with Gasteiger partial charge >= 0.3 is 0 Å². The number of carbonyl (C=O) groups excluding carboxylic acids is 1. The van der Waals surface area contributed by atoms with Crippen molar-refractivity contribution < 1.29 is 9.18 Å². The largest absolute Gasteiger partial charge is 0.326 e. The van der Waals surface area contributed by atoms with Crippen LogP contribution in [0.5, 0.6) is 0 Å². The number of hydrogen-bond donors (Lipinski definition) is 1. The number of carbonyl (C=O) groups is 1. The minimum Gasteiger partial charge on any atom is -0.326 e. The van der Waals surface area contributed by atoms with E-state index in [0.29, 0.717) is 33.8 Å². The highest BCUT2D eigenvalue weighted by molar-refractivity contribution is 7.99. The molecule has 0 fully saturated rings. The fourth-order valence-corrected chi connectivity index (χ4v) is 4.23. The van der Waals surface area contributed by atoms with E-state index in [2.05, 4.69) is 26.9 Å². The molecule has 11 heteroatoms. The summed E-state index contributed by atoms with van der Waals surface area (Å²) in [5.74, 6) is -0.207. The number of rotatable bonds is 7. The third-order valence-electron chi connectivity index (χ3n) is 5.30. The van der Waals surface area contributed by atoms with Crippen LogP contribution in [0.2, 0.25) is 5.02 Å². The molecule has 0 saturated heterocycles. The van der Waals surface area contributed by atoms with Crippen molar-refractivity contribution in [3.63, 3.8) is 0 Å². The predicted octanol–water partition coefficient (Wildman–Crippen LogP) is 4.52. The second-order valence-electron chi connectivity index (χ2n) is 7.44. The predicted molar refractivity (Wildman–Crippen MR) is 128 cm³/mol. The van der Waals surface area contributed by atoms with Crippen molar-refractivity contribution in [2.45, 2.75) is 25.5 Å². The van der Waals surface area contributed by atoms with Crippen LogP contribution in [-0.4, -0.2) is 36.4 Å². The van der Waals surface area contributed by atoms with Crippen molar-refractivity contribution in [1.29, 1.82) is 5.26 Å². The molecule has 0 unspecified atom stereocenters. The first-order chi connectivity index (χ1) is 16.4. The number of aromatic nitrogens is 5. The van der Waals surface area contributed by atoms with E-state index < -0.39 is 0 Å². The minimum atomic E-state index is -0.326. The number of tetrazole rings is 1. The third-order valence-corrected chi connectivity index (χ3v) is 6.47. The zero-order valence-electron chi connectivity index (χ0n) is 18.3. The monoisotopic (exact) mass is 495 g/mol. The van der Waals surface area contributed by atoms with Crippen LogP contribution in [0.1, 0.15) is 22.4 Å². The second kappa shape index (κ2) is 10.1. The maximum Gasteiger partial charge on any atom is 0.235 e. The van der Waals surface area contributed by atoms with Crippen LogP contribution in [-0.2, 0) is 11.3 Å². The van der Waals surface area contributed by atoms with E-state index in [1.54, 1.807) is 36.4 Å². The van der Waals surface area contributed by atoms with E-state index in [9.17, 15) is 14.4 Å². The van der Waals surface area contributed by atoms with E-state index in [4.69, 9.17) is 11.6 Å². The van der Waals surface area contributed by atoms with Gasteiger partial charge in [-0.25, -0.2) is 4.39 Å². The molecule has 8 nitrogen and oxygen atoms in total. The Morgan fingerprint density at radius 2 is 1.88 bits per heavy atom. The molecule has 0 spiro atoms. The summed E-state index contributed by atoms with van der Waals surface area (Å²) in [4.78, 5) is 12.8. The number of nitrogens with one attached hydrogen (secondary N) is 1. The van der Waals surface area contributed by atoms with Gasteiger partial charge in [0.15, 0.2) is 0 Å². The maximum atomic E-state index is 13.3. The summed E-state index contributed by atoms with van der Waals surface area (Å²) >= 11 is 7.10. The van der Waals surface area contributed by atoms with Crippen molar-refractivity contribution in [2.75, 3.05) is 11.1 Å². The molecular formula is C23H19ClFN7OS. The van der Waals surface area contributed by atoms with E-state index >= 15 is 0 Å². The molecule has 34 heavy (non-hydrogen) atoms. The summed E-state index contributed by atoms with van der Waals surface area (Å²) in [5, 5.41) is 25.3. The lowest BCUT2D eigenvalue weighted by molar-refractivity contribution is -0.113. The van der Waals surface area contributed by atoms with E-state index in [0.717, 1.165) is 28.6 Å². The van der Waals surface area contributed by atoms with E-state index in [1.165, 1.54) is 16.8 Å². The zero-order valence-corrected chi connectivity index (χ0v) is 19.9. The number of thioether (sulfide) groups is 1. The summed E-state index contributed by atoms with van der Waals surface area (Å²) in [6.45, 7) is 4.09. The Bertz CT molecular complexity index is 1370. The molecule has 1 amide bonds. The van der Waals surface area contributed by atoms with Gasteiger partial charge in [-0.1, -0.05) is 35.5 Å². The lowest BCUT2D eigenvalue weighted by atomic mass is 10.2. The molecule has 0 aliphatic carbocycles. The van der Waals surface area contributed by atoms with E-state index in [-0.39, 0.29) is 17.5 Å². The summed E-state index contributed by atoms with van der Waals surface area (Å²) in [7, 11) is 0. The van der Waals surface area contributed by atoms with Crippen LogP contribution in [0.4, 0.5) is 10.2 Å². The van der Waals surface area contributed by atoms with Gasteiger partial charge in [0, 0.05) is 17.3 Å². The fraction of sp³-hybridized carbons (Fsp3) is 0.174. The van der Waals surface area contributed by atoms with Crippen LogP contribution >= 0.6 is 23.4 Å². The average molecular weight is 496 g/mol. The Kier molecular flexibility index (Phi) is 6.95. The number of halogens is 2. The smallest absolute Gasteiger partial charge is 0.235 e. The molecule has 2 aromatic heterocycles. The van der Waals surface area contributed by atoms with Crippen molar-refractivity contribution in [3.8, 4) is 11.8 Å². The zero-order chi connectivity index (χ0) is 24.2. The van der Waals surface area contributed by atoms with Gasteiger partial charge in [-0.3, -0.25) is 4.79 Å². The number of anilines is 1. The fourth-order valence-electron chi connectivity index (χ4n) is 3.41. The normalized spacial score (nSPS) is 10.8. The summed E-state index contributed by atoms with van der Waals surface area (Å²) in [5.41, 5.74) is 3.57. The Balaban J connectivity index is 1.52. The van der Waals surface area contributed by atoms with Crippen LogP contribution in [0.15, 0.2) is 53.7 Å². The lowest BCUT2D eigenvalue weighted by Gasteiger charge is -2.13. The Labute approximate surface area is 204 Å². The number of benzene rings is 2. The molecule has 0 aliphatic heterocycles. The summed E-state index contributed by atoms with van der Waals surface area (Å²) in [6, 6.07) is 15.3. The van der Waals surface area contributed by atoms with Gasteiger partial charge < -0.3 is 9.88 Å². The highest BCUT2D eigenvalue weighted by Crippen LogP contribution is 2.28. The van der Waals surface area contributed by atoms with Crippen molar-refractivity contribution in [2.24, 2.45) is 0 Å². The molecule has 2 aromatic carbocycles. The van der Waals surface area contributed by atoms with E-state index in [1.807, 2.05) is 18.4 Å². The van der Waals surface area contributed by atoms with Crippen molar-refractivity contribution in [3.05, 3.63) is 81.8 Å². The standard InChI is InChI=1S/C23H19ClFN7OS/c1-14-15(2)31(12-16-3-7-18(25)8-4-16)22(20(14)11-26)27-21(33)13-34-23-28-29-30-32(23)19-9-5-17(24)6-10-19/h3-10H,12-13H2,1-2H3,(H,27,33). The van der Waals surface area contributed by atoms with Crippen LogP contribution in [0.25, 0.3) is 5.69 Å². The topological polar surface area (TPSA) is 101 Å². The average Bonchev–Trinajstić information content (AvgIpc) is 3.38. The molecule has 172 valence electrons. The van der Waals surface area contributed by atoms with Crippen molar-refractivity contribution in [1.82, 2.24) is 24.8 Å². The first-order valence-electron chi connectivity index (χ1n) is 10.2. The van der Waals surface area contributed by atoms with Gasteiger partial charge in [-0.2, -0.15) is 9.94 Å². The van der Waals surface area contributed by atoms with Gasteiger partial charge in [0.05, 0.1) is 17.0 Å².